The highest BCUT2D eigenvalue weighted by atomic mass is 32.2. The molecule has 0 rings (SSSR count). The molecule has 0 aromatic rings. The molecule has 0 bridgehead atoms. The fourth-order valence-electron chi connectivity index (χ4n) is 6.27. The normalized spacial score (nSPS) is 14.1. The number of unbranched alkanes of at least 4 members (excludes halogenated alkanes) is 26. The van der Waals surface area contributed by atoms with Gasteiger partial charge in [-0.1, -0.05) is 186 Å². The summed E-state index contributed by atoms with van der Waals surface area (Å²) in [5, 5.41) is 23.4. The summed E-state index contributed by atoms with van der Waals surface area (Å²) in [6.07, 6.45) is 40.9. The first kappa shape index (κ1) is 47.8. The van der Waals surface area contributed by atoms with Crippen LogP contribution in [0.2, 0.25) is 0 Å². The molecule has 49 heavy (non-hydrogen) atoms. The molecule has 4 N–H and O–H groups in total. The molecular weight excluding hydrogens is 635 g/mol. The van der Waals surface area contributed by atoms with Crippen molar-refractivity contribution in [2.75, 3.05) is 5.75 Å². The highest BCUT2D eigenvalue weighted by molar-refractivity contribution is 7.85. The summed E-state index contributed by atoms with van der Waals surface area (Å²) in [6.45, 7) is 4.51. The zero-order valence-corrected chi connectivity index (χ0v) is 32.8. The second-order valence-corrected chi connectivity index (χ2v) is 15.9. The second kappa shape index (κ2) is 35.2. The van der Waals surface area contributed by atoms with Gasteiger partial charge < -0.3 is 15.5 Å². The number of hydrogen-bond donors (Lipinski definition) is 4. The van der Waals surface area contributed by atoms with E-state index in [1.807, 2.05) is 0 Å². The van der Waals surface area contributed by atoms with E-state index in [9.17, 15) is 28.0 Å². The maximum atomic E-state index is 12.6. The third-order valence-electron chi connectivity index (χ3n) is 9.48. The summed E-state index contributed by atoms with van der Waals surface area (Å²) in [4.78, 5) is 12.6. The Morgan fingerprint density at radius 2 is 0.898 bits per heavy atom. The van der Waals surface area contributed by atoms with Crippen LogP contribution in [0.5, 0.6) is 0 Å². The van der Waals surface area contributed by atoms with Crippen LogP contribution in [0.25, 0.3) is 0 Å². The van der Waals surface area contributed by atoms with E-state index in [2.05, 4.69) is 31.3 Å². The van der Waals surface area contributed by atoms with E-state index in [4.69, 9.17) is 0 Å². The number of aliphatic hydroxyl groups excluding tert-OH is 2. The van der Waals surface area contributed by atoms with Crippen molar-refractivity contribution in [1.82, 2.24) is 5.32 Å². The third-order valence-corrected chi connectivity index (χ3v) is 10.3. The molecule has 0 spiro atoms. The maximum Gasteiger partial charge on any atom is 0.267 e. The molecule has 0 aromatic carbocycles. The molecule has 7 nitrogen and oxygen atoms in total. The molecule has 0 aliphatic carbocycles. The van der Waals surface area contributed by atoms with E-state index in [0.29, 0.717) is 6.42 Å². The average molecular weight is 714 g/mol. The van der Waals surface area contributed by atoms with E-state index in [1.165, 1.54) is 134 Å². The van der Waals surface area contributed by atoms with Gasteiger partial charge in [0.1, 0.15) is 6.10 Å². The molecule has 0 fully saturated rings. The summed E-state index contributed by atoms with van der Waals surface area (Å²) in [5.74, 6) is -1.54. The Balaban J connectivity index is 4.05. The number of amides is 1. The molecular formula is C41H79NO6S. The summed E-state index contributed by atoms with van der Waals surface area (Å²) in [7, 11) is -4.44. The topological polar surface area (TPSA) is 124 Å². The molecule has 0 radical (unpaired) electrons. The minimum absolute atomic E-state index is 0.268. The summed E-state index contributed by atoms with van der Waals surface area (Å²) in [5.41, 5.74) is 0. The number of allylic oxidation sites excluding steroid dienone is 3. The highest BCUT2D eigenvalue weighted by Gasteiger charge is 2.27. The van der Waals surface area contributed by atoms with Crippen molar-refractivity contribution < 1.29 is 28.0 Å². The Kier molecular flexibility index (Phi) is 34.3. The molecule has 8 heteroatoms. The van der Waals surface area contributed by atoms with Crippen LogP contribution in [-0.4, -0.2) is 53.1 Å². The number of hydrogen-bond acceptors (Lipinski definition) is 5. The van der Waals surface area contributed by atoms with Crippen LogP contribution in [0.1, 0.15) is 206 Å². The lowest BCUT2D eigenvalue weighted by Gasteiger charge is -2.22. The van der Waals surface area contributed by atoms with Crippen LogP contribution in [-0.2, 0) is 14.9 Å². The first-order valence-electron chi connectivity index (χ1n) is 20.6. The smallest absolute Gasteiger partial charge is 0.267 e. The molecule has 0 aliphatic rings. The number of rotatable bonds is 37. The monoisotopic (exact) mass is 714 g/mol. The van der Waals surface area contributed by atoms with E-state index in [-0.39, 0.29) is 6.42 Å². The van der Waals surface area contributed by atoms with Crippen LogP contribution in [0.4, 0.5) is 0 Å². The van der Waals surface area contributed by atoms with Gasteiger partial charge in [0.15, 0.2) is 0 Å². The van der Waals surface area contributed by atoms with Gasteiger partial charge >= 0.3 is 0 Å². The van der Waals surface area contributed by atoms with Crippen molar-refractivity contribution in [1.29, 1.82) is 0 Å². The Morgan fingerprint density at radius 1 is 0.551 bits per heavy atom. The van der Waals surface area contributed by atoms with Gasteiger partial charge in [-0.2, -0.15) is 8.42 Å². The SMILES string of the molecule is CCCCCCCCCCC/C=C\CCCCCCC(O)C(=O)NC(CS(=O)(=O)O)C(O)/C=C/CCCCCCCCCCCCCCC. The van der Waals surface area contributed by atoms with Gasteiger partial charge in [0, 0.05) is 0 Å². The molecule has 0 aliphatic heterocycles. The summed E-state index contributed by atoms with van der Waals surface area (Å²) < 4.78 is 32.5. The zero-order chi connectivity index (χ0) is 36.3. The first-order valence-corrected chi connectivity index (χ1v) is 22.3. The molecule has 3 atom stereocenters. The predicted molar refractivity (Wildman–Crippen MR) is 208 cm³/mol. The number of nitrogens with one attached hydrogen (secondary N) is 1. The third kappa shape index (κ3) is 35.0. The van der Waals surface area contributed by atoms with Crippen LogP contribution in [0.15, 0.2) is 24.3 Å². The molecule has 0 saturated carbocycles. The average Bonchev–Trinajstić information content (AvgIpc) is 3.06. The summed E-state index contributed by atoms with van der Waals surface area (Å²) in [6, 6.07) is -1.23. The molecule has 0 aromatic heterocycles. The van der Waals surface area contributed by atoms with Gasteiger partial charge in [-0.05, 0) is 44.9 Å². The van der Waals surface area contributed by atoms with Crippen molar-refractivity contribution in [2.45, 2.75) is 225 Å². The van der Waals surface area contributed by atoms with E-state index in [0.717, 1.165) is 51.4 Å². The lowest BCUT2D eigenvalue weighted by atomic mass is 10.0. The number of carbonyl (C=O) groups excluding carboxylic acids is 1. The van der Waals surface area contributed by atoms with Crippen molar-refractivity contribution in [3.8, 4) is 0 Å². The van der Waals surface area contributed by atoms with Gasteiger partial charge in [0.25, 0.3) is 10.1 Å². The lowest BCUT2D eigenvalue weighted by Crippen LogP contribution is -2.50. The van der Waals surface area contributed by atoms with Gasteiger partial charge in [-0.25, -0.2) is 0 Å². The van der Waals surface area contributed by atoms with E-state index >= 15 is 0 Å². The predicted octanol–water partition coefficient (Wildman–Crippen LogP) is 10.9. The summed E-state index contributed by atoms with van der Waals surface area (Å²) >= 11 is 0. The molecule has 0 heterocycles. The van der Waals surface area contributed by atoms with Gasteiger partial charge in [-0.15, -0.1) is 0 Å². The van der Waals surface area contributed by atoms with Crippen molar-refractivity contribution in [3.05, 3.63) is 24.3 Å². The molecule has 0 saturated heterocycles. The van der Waals surface area contributed by atoms with Gasteiger partial charge in [0.2, 0.25) is 5.91 Å². The lowest BCUT2D eigenvalue weighted by molar-refractivity contribution is -0.130. The Morgan fingerprint density at radius 3 is 1.29 bits per heavy atom. The molecule has 3 unspecified atom stereocenters. The van der Waals surface area contributed by atoms with Crippen LogP contribution >= 0.6 is 0 Å². The fourth-order valence-corrected chi connectivity index (χ4v) is 7.01. The van der Waals surface area contributed by atoms with Crippen LogP contribution in [0.3, 0.4) is 0 Å². The molecule has 1 amide bonds. The minimum atomic E-state index is -4.44. The quantitative estimate of drug-likeness (QED) is 0.0289. The molecule has 290 valence electrons. The van der Waals surface area contributed by atoms with Gasteiger partial charge in [-0.3, -0.25) is 9.35 Å². The van der Waals surface area contributed by atoms with Crippen molar-refractivity contribution in [3.63, 3.8) is 0 Å². The minimum Gasteiger partial charge on any atom is -0.387 e. The second-order valence-electron chi connectivity index (χ2n) is 14.4. The van der Waals surface area contributed by atoms with E-state index < -0.39 is 40.0 Å². The zero-order valence-electron chi connectivity index (χ0n) is 31.9. The van der Waals surface area contributed by atoms with E-state index in [1.54, 1.807) is 6.08 Å². The maximum absolute atomic E-state index is 12.6. The Labute approximate surface area is 303 Å². The van der Waals surface area contributed by atoms with Crippen LogP contribution < -0.4 is 5.32 Å². The number of carbonyl (C=O) groups is 1. The van der Waals surface area contributed by atoms with Crippen molar-refractivity contribution in [2.24, 2.45) is 0 Å². The standard InChI is InChI=1S/C41H79NO6S/c1-3-5-7-9-11-13-15-17-19-20-22-24-26-28-30-32-34-36-40(44)41(45)42-38(37-49(46,47)48)39(43)35-33-31-29-27-25-23-21-18-16-14-12-10-8-6-4-2/h22,24,33,35,38-40,43-44H,3-21,23,25-32,34,36-37H2,1-2H3,(H,42,45)(H,46,47,48)/b24-22-,35-33+. The van der Waals surface area contributed by atoms with Crippen molar-refractivity contribution >= 4 is 16.0 Å². The largest absolute Gasteiger partial charge is 0.387 e. The highest BCUT2D eigenvalue weighted by Crippen LogP contribution is 2.15. The van der Waals surface area contributed by atoms with Gasteiger partial charge in [0.05, 0.1) is 17.9 Å². The fraction of sp³-hybridized carbons (Fsp3) is 0.878. The van der Waals surface area contributed by atoms with Crippen LogP contribution in [0, 0.1) is 0 Å². The Bertz CT molecular complexity index is 890. The Hall–Kier alpha value is -1.22. The number of aliphatic hydroxyl groups is 2. The first-order chi connectivity index (χ1) is 23.7.